The first-order valence-corrected chi connectivity index (χ1v) is 10.2. The van der Waals surface area contributed by atoms with Crippen LogP contribution in [0.5, 0.6) is 0 Å². The fraction of sp³-hybridized carbons (Fsp3) is 0.429. The lowest BCUT2D eigenvalue weighted by atomic mass is 10.0. The molecule has 2 aromatic rings. The highest BCUT2D eigenvalue weighted by molar-refractivity contribution is 8.00. The molecular formula is C21H27N3O4S. The summed E-state index contributed by atoms with van der Waals surface area (Å²) in [6.07, 6.45) is -0.0988. The first-order chi connectivity index (χ1) is 13.6. The maximum absolute atomic E-state index is 13.2. The van der Waals surface area contributed by atoms with E-state index in [-0.39, 0.29) is 23.4 Å². The van der Waals surface area contributed by atoms with Crippen molar-refractivity contribution in [3.05, 3.63) is 58.0 Å². The van der Waals surface area contributed by atoms with Crippen LogP contribution in [0.2, 0.25) is 0 Å². The highest BCUT2D eigenvalue weighted by Crippen LogP contribution is 2.25. The maximum atomic E-state index is 13.2. The minimum absolute atomic E-state index is 0.0626. The van der Waals surface area contributed by atoms with Gasteiger partial charge in [-0.3, -0.25) is 14.4 Å². The zero-order valence-corrected chi connectivity index (χ0v) is 18.2. The molecule has 8 heteroatoms. The number of methoxy groups -OCH3 is 1. The quantitative estimate of drug-likeness (QED) is 0.423. The Bertz CT molecular complexity index is 906. The van der Waals surface area contributed by atoms with Gasteiger partial charge in [0.15, 0.2) is 5.16 Å². The van der Waals surface area contributed by atoms with Gasteiger partial charge in [-0.25, -0.2) is 4.98 Å². The molecule has 1 heterocycles. The molecule has 0 saturated heterocycles. The Balaban J connectivity index is 2.19. The number of esters is 1. The molecular weight excluding hydrogens is 390 g/mol. The number of amides is 1. The number of hydrogen-bond acceptors (Lipinski definition) is 6. The number of thioether (sulfide) groups is 1. The number of H-pyrrole nitrogens is 1. The zero-order chi connectivity index (χ0) is 21.6. The summed E-state index contributed by atoms with van der Waals surface area (Å²) in [6.45, 7) is 8.23. The second kappa shape index (κ2) is 9.73. The van der Waals surface area contributed by atoms with E-state index in [2.05, 4.69) is 14.7 Å². The molecule has 1 amide bonds. The van der Waals surface area contributed by atoms with Crippen molar-refractivity contribution in [2.24, 2.45) is 0 Å². The number of aromatic amines is 1. The smallest absolute Gasteiger partial charge is 0.311 e. The van der Waals surface area contributed by atoms with Crippen molar-refractivity contribution in [1.29, 1.82) is 0 Å². The molecule has 0 aliphatic heterocycles. The first kappa shape index (κ1) is 22.7. The van der Waals surface area contributed by atoms with Gasteiger partial charge in [-0.15, -0.1) is 0 Å². The fourth-order valence-corrected chi connectivity index (χ4v) is 3.59. The summed E-state index contributed by atoms with van der Waals surface area (Å²) in [7, 11) is 1.28. The van der Waals surface area contributed by atoms with Gasteiger partial charge >= 0.3 is 5.97 Å². The molecule has 0 spiro atoms. The number of hydrogen-bond donors (Lipinski definition) is 1. The highest BCUT2D eigenvalue weighted by Gasteiger charge is 2.30. The third-order valence-electron chi connectivity index (χ3n) is 4.22. The molecule has 0 aliphatic carbocycles. The summed E-state index contributed by atoms with van der Waals surface area (Å²) in [6, 6.07) is 11.1. The summed E-state index contributed by atoms with van der Waals surface area (Å²) in [4.78, 5) is 45.3. The van der Waals surface area contributed by atoms with Crippen LogP contribution in [0.15, 0.2) is 46.3 Å². The standard InChI is InChI=1S/C21H27N3O4S/c1-14(29-20-22-16(11-17(25)23-20)12-18(26)28-5)19(27)24(21(2,3)4)13-15-9-7-6-8-10-15/h6-11,14H,12-13H2,1-5H3,(H,22,23,25)/t14-/m1/s1. The van der Waals surface area contributed by atoms with Gasteiger partial charge in [0.1, 0.15) is 0 Å². The van der Waals surface area contributed by atoms with E-state index in [1.54, 1.807) is 6.92 Å². The second-order valence-corrected chi connectivity index (χ2v) is 8.97. The monoisotopic (exact) mass is 417 g/mol. The fourth-order valence-electron chi connectivity index (χ4n) is 2.70. The Morgan fingerprint density at radius 3 is 2.48 bits per heavy atom. The van der Waals surface area contributed by atoms with Gasteiger partial charge in [-0.2, -0.15) is 0 Å². The molecule has 0 saturated carbocycles. The Morgan fingerprint density at radius 1 is 1.24 bits per heavy atom. The van der Waals surface area contributed by atoms with Crippen molar-refractivity contribution >= 4 is 23.6 Å². The molecule has 2 rings (SSSR count). The van der Waals surface area contributed by atoms with E-state index in [0.29, 0.717) is 17.4 Å². The van der Waals surface area contributed by atoms with Gasteiger partial charge in [0, 0.05) is 18.2 Å². The lowest BCUT2D eigenvalue weighted by molar-refractivity contribution is -0.140. The van der Waals surface area contributed by atoms with E-state index in [1.165, 1.54) is 13.2 Å². The van der Waals surface area contributed by atoms with Crippen LogP contribution >= 0.6 is 11.8 Å². The largest absolute Gasteiger partial charge is 0.469 e. The predicted octanol–water partition coefficient (Wildman–Crippen LogP) is 2.79. The van der Waals surface area contributed by atoms with E-state index in [9.17, 15) is 14.4 Å². The number of benzene rings is 1. The summed E-state index contributed by atoms with van der Waals surface area (Å²) < 4.78 is 4.62. The van der Waals surface area contributed by atoms with Crippen molar-refractivity contribution in [3.8, 4) is 0 Å². The minimum Gasteiger partial charge on any atom is -0.469 e. The Hall–Kier alpha value is -2.61. The van der Waals surface area contributed by atoms with Crippen molar-refractivity contribution in [3.63, 3.8) is 0 Å². The Labute approximate surface area is 174 Å². The Morgan fingerprint density at radius 2 is 1.90 bits per heavy atom. The second-order valence-electron chi connectivity index (χ2n) is 7.64. The van der Waals surface area contributed by atoms with E-state index >= 15 is 0 Å². The number of nitrogens with one attached hydrogen (secondary N) is 1. The van der Waals surface area contributed by atoms with E-state index < -0.39 is 11.2 Å². The third kappa shape index (κ3) is 6.74. The van der Waals surface area contributed by atoms with Crippen molar-refractivity contribution < 1.29 is 14.3 Å². The number of nitrogens with zero attached hydrogens (tertiary/aromatic N) is 2. The summed E-state index contributed by atoms with van der Waals surface area (Å²) in [5.74, 6) is -0.544. The van der Waals surface area contributed by atoms with Crippen molar-refractivity contribution in [2.45, 2.75) is 56.6 Å². The predicted molar refractivity (Wildman–Crippen MR) is 113 cm³/mol. The minimum atomic E-state index is -0.482. The van der Waals surface area contributed by atoms with Crippen molar-refractivity contribution in [2.75, 3.05) is 7.11 Å². The van der Waals surface area contributed by atoms with Crippen LogP contribution in [-0.4, -0.2) is 44.6 Å². The average molecular weight is 418 g/mol. The molecule has 0 unspecified atom stereocenters. The highest BCUT2D eigenvalue weighted by atomic mass is 32.2. The number of carbonyl (C=O) groups is 2. The van der Waals surface area contributed by atoms with Crippen LogP contribution < -0.4 is 5.56 Å². The lowest BCUT2D eigenvalue weighted by Crippen LogP contribution is -2.48. The molecule has 29 heavy (non-hydrogen) atoms. The van der Waals surface area contributed by atoms with Crippen LogP contribution in [0.3, 0.4) is 0 Å². The number of aromatic nitrogens is 2. The average Bonchev–Trinajstić information content (AvgIpc) is 2.64. The van der Waals surface area contributed by atoms with Crippen LogP contribution in [0.4, 0.5) is 0 Å². The molecule has 0 fully saturated rings. The van der Waals surface area contributed by atoms with E-state index in [1.807, 2.05) is 56.0 Å². The molecule has 0 radical (unpaired) electrons. The molecule has 0 aliphatic rings. The summed E-state index contributed by atoms with van der Waals surface area (Å²) >= 11 is 1.16. The topological polar surface area (TPSA) is 92.4 Å². The molecule has 7 nitrogen and oxygen atoms in total. The van der Waals surface area contributed by atoms with Gasteiger partial charge in [0.05, 0.1) is 24.5 Å². The molecule has 156 valence electrons. The summed E-state index contributed by atoms with van der Waals surface area (Å²) in [5.41, 5.74) is 0.590. The summed E-state index contributed by atoms with van der Waals surface area (Å²) in [5, 5.41) is -0.180. The normalized spacial score (nSPS) is 12.3. The number of carbonyl (C=O) groups excluding carboxylic acids is 2. The molecule has 1 N–H and O–H groups in total. The van der Waals surface area contributed by atoms with Gasteiger partial charge in [0.25, 0.3) is 5.56 Å². The molecule has 1 atom stereocenters. The number of ether oxygens (including phenoxy) is 1. The first-order valence-electron chi connectivity index (χ1n) is 9.29. The van der Waals surface area contributed by atoms with Crippen molar-refractivity contribution in [1.82, 2.24) is 14.9 Å². The van der Waals surface area contributed by atoms with Gasteiger partial charge in [-0.1, -0.05) is 42.1 Å². The van der Waals surface area contributed by atoms with Crippen LogP contribution in [0, 0.1) is 0 Å². The number of rotatable bonds is 7. The lowest BCUT2D eigenvalue weighted by Gasteiger charge is -2.37. The molecule has 1 aromatic carbocycles. The maximum Gasteiger partial charge on any atom is 0.311 e. The molecule has 1 aromatic heterocycles. The Kier molecular flexibility index (Phi) is 7.61. The van der Waals surface area contributed by atoms with Gasteiger partial charge in [0.2, 0.25) is 5.91 Å². The zero-order valence-electron chi connectivity index (χ0n) is 17.4. The van der Waals surface area contributed by atoms with Gasteiger partial charge in [-0.05, 0) is 33.3 Å². The third-order valence-corrected chi connectivity index (χ3v) is 5.19. The molecule has 0 bridgehead atoms. The van der Waals surface area contributed by atoms with Crippen LogP contribution in [0.1, 0.15) is 39.0 Å². The van der Waals surface area contributed by atoms with Crippen LogP contribution in [-0.2, 0) is 27.3 Å². The van der Waals surface area contributed by atoms with Gasteiger partial charge < -0.3 is 14.6 Å². The van der Waals surface area contributed by atoms with Crippen LogP contribution in [0.25, 0.3) is 0 Å². The van der Waals surface area contributed by atoms with E-state index in [4.69, 9.17) is 0 Å². The SMILES string of the molecule is COC(=O)Cc1cc(=O)[nH]c(S[C@H](C)C(=O)N(Cc2ccccc2)C(C)(C)C)n1. The van der Waals surface area contributed by atoms with E-state index in [0.717, 1.165) is 17.3 Å².